The lowest BCUT2D eigenvalue weighted by Crippen LogP contribution is -2.52. The minimum absolute atomic E-state index is 0.224. The van der Waals surface area contributed by atoms with Gasteiger partial charge in [0.2, 0.25) is 0 Å². The van der Waals surface area contributed by atoms with Gasteiger partial charge in [-0.2, -0.15) is 0 Å². The Kier molecular flexibility index (Phi) is 7.68. The van der Waals surface area contributed by atoms with Crippen LogP contribution < -0.4 is 9.47 Å². The van der Waals surface area contributed by atoms with Gasteiger partial charge < -0.3 is 18.9 Å². The van der Waals surface area contributed by atoms with Gasteiger partial charge in [-0.25, -0.2) is 14.5 Å². The van der Waals surface area contributed by atoms with Crippen molar-refractivity contribution in [1.29, 1.82) is 0 Å². The van der Waals surface area contributed by atoms with Gasteiger partial charge in [0.15, 0.2) is 23.3 Å². The fourth-order valence-corrected chi connectivity index (χ4v) is 6.09. The molecule has 7 nitrogen and oxygen atoms in total. The molecule has 4 aromatic rings. The van der Waals surface area contributed by atoms with Crippen molar-refractivity contribution < 1.29 is 28.5 Å². The van der Waals surface area contributed by atoms with E-state index in [0.29, 0.717) is 42.2 Å². The zero-order chi connectivity index (χ0) is 29.1. The molecule has 0 saturated carbocycles. The summed E-state index contributed by atoms with van der Waals surface area (Å²) >= 11 is 0. The Morgan fingerprint density at radius 2 is 1.67 bits per heavy atom. The molecule has 0 radical (unpaired) electrons. The Bertz CT molecular complexity index is 1590. The zero-order valence-corrected chi connectivity index (χ0v) is 23.7. The van der Waals surface area contributed by atoms with Gasteiger partial charge in [0.25, 0.3) is 0 Å². The number of methoxy groups -OCH3 is 1. The van der Waals surface area contributed by atoms with E-state index in [1.54, 1.807) is 26.2 Å². The number of hydrogen-bond donors (Lipinski definition) is 0. The number of rotatable bonds is 9. The van der Waals surface area contributed by atoms with Crippen LogP contribution in [0.4, 0.5) is 0 Å². The molecule has 4 aromatic carbocycles. The van der Waals surface area contributed by atoms with Crippen LogP contribution in [0.3, 0.4) is 0 Å². The molecule has 0 amide bonds. The number of ether oxygens (including phenoxy) is 4. The van der Waals surface area contributed by atoms with Crippen LogP contribution in [0, 0.1) is 0 Å². The van der Waals surface area contributed by atoms with Gasteiger partial charge in [0.05, 0.1) is 19.3 Å². The van der Waals surface area contributed by atoms with Gasteiger partial charge in [-0.15, -0.1) is 0 Å². The van der Waals surface area contributed by atoms with Crippen molar-refractivity contribution in [3.63, 3.8) is 0 Å². The third-order valence-corrected chi connectivity index (χ3v) is 8.07. The molecule has 7 heteroatoms. The summed E-state index contributed by atoms with van der Waals surface area (Å²) in [4.78, 5) is 29.4. The van der Waals surface area contributed by atoms with Gasteiger partial charge in [-0.05, 0) is 53.8 Å². The molecule has 1 saturated heterocycles. The summed E-state index contributed by atoms with van der Waals surface area (Å²) in [6.45, 7) is 2.96. The molecular formula is C35H33NO6. The van der Waals surface area contributed by atoms with Gasteiger partial charge in [0.1, 0.15) is 6.61 Å². The smallest absolute Gasteiger partial charge is 0.338 e. The molecule has 6 rings (SSSR count). The van der Waals surface area contributed by atoms with Crippen molar-refractivity contribution in [2.75, 3.05) is 20.3 Å². The monoisotopic (exact) mass is 563 g/mol. The van der Waals surface area contributed by atoms with Crippen LogP contribution in [0.1, 0.15) is 51.3 Å². The van der Waals surface area contributed by atoms with E-state index < -0.39 is 17.7 Å². The minimum Gasteiger partial charge on any atom is -0.493 e. The van der Waals surface area contributed by atoms with E-state index >= 15 is 0 Å². The summed E-state index contributed by atoms with van der Waals surface area (Å²) in [7, 11) is 1.62. The van der Waals surface area contributed by atoms with Crippen LogP contribution in [-0.4, -0.2) is 37.1 Å². The van der Waals surface area contributed by atoms with Crippen LogP contribution in [0.2, 0.25) is 0 Å². The molecule has 0 aromatic heterocycles. The molecule has 214 valence electrons. The number of carbonyl (C=O) groups is 2. The van der Waals surface area contributed by atoms with Gasteiger partial charge in [-0.1, -0.05) is 78.9 Å². The third kappa shape index (κ3) is 4.90. The summed E-state index contributed by atoms with van der Waals surface area (Å²) in [5.74, 6) is 0.358. The van der Waals surface area contributed by atoms with Crippen LogP contribution in [-0.2, 0) is 39.3 Å². The lowest BCUT2D eigenvalue weighted by atomic mass is 9.76. The highest BCUT2D eigenvalue weighted by Crippen LogP contribution is 2.52. The molecule has 1 fully saturated rings. The first-order valence-corrected chi connectivity index (χ1v) is 14.2. The van der Waals surface area contributed by atoms with Gasteiger partial charge in [0, 0.05) is 18.5 Å². The number of nitrogens with zero attached hydrogens (tertiary/aromatic N) is 1. The van der Waals surface area contributed by atoms with Crippen LogP contribution in [0.5, 0.6) is 11.5 Å². The summed E-state index contributed by atoms with van der Waals surface area (Å²) in [5, 5.41) is 0. The Morgan fingerprint density at radius 3 is 2.40 bits per heavy atom. The van der Waals surface area contributed by atoms with E-state index in [4.69, 9.17) is 18.9 Å². The lowest BCUT2D eigenvalue weighted by molar-refractivity contribution is -0.146. The second kappa shape index (κ2) is 11.7. The first-order chi connectivity index (χ1) is 20.5. The standard InChI is InChI=1S/C35H33NO6/c1-3-40-33(37)28-17-11-10-16-27(28)22-35-29-21-31(41-23-24-12-6-4-7-13-24)30(39-2)20-26(29)18-19-36(35)32(42-34(35)38)25-14-8-5-9-15-25/h4-17,20-21,32H,3,18-19,22-23H2,1-2H3. The Hall–Kier alpha value is -4.62. The zero-order valence-electron chi connectivity index (χ0n) is 23.7. The number of cyclic esters (lactones) is 1. The maximum atomic E-state index is 14.3. The Morgan fingerprint density at radius 1 is 0.952 bits per heavy atom. The molecule has 2 heterocycles. The van der Waals surface area contributed by atoms with Crippen LogP contribution >= 0.6 is 0 Å². The Labute approximate surface area is 245 Å². The molecule has 2 aliphatic heterocycles. The number of esters is 2. The highest BCUT2D eigenvalue weighted by Gasteiger charge is 2.59. The second-order valence-electron chi connectivity index (χ2n) is 10.5. The Balaban J connectivity index is 1.49. The maximum absolute atomic E-state index is 14.3. The first-order valence-electron chi connectivity index (χ1n) is 14.2. The average molecular weight is 564 g/mol. The largest absolute Gasteiger partial charge is 0.493 e. The number of benzene rings is 4. The third-order valence-electron chi connectivity index (χ3n) is 8.07. The van der Waals surface area contributed by atoms with E-state index in [0.717, 1.165) is 22.3 Å². The molecule has 2 unspecified atom stereocenters. The number of carbonyl (C=O) groups excluding carboxylic acids is 2. The maximum Gasteiger partial charge on any atom is 0.338 e. The molecule has 2 aliphatic rings. The fourth-order valence-electron chi connectivity index (χ4n) is 6.09. The van der Waals surface area contributed by atoms with E-state index in [2.05, 4.69) is 4.90 Å². The molecule has 0 N–H and O–H groups in total. The number of hydrogen-bond acceptors (Lipinski definition) is 7. The molecule has 0 spiro atoms. The summed E-state index contributed by atoms with van der Waals surface area (Å²) in [5.41, 5.74) is 3.63. The van der Waals surface area contributed by atoms with Crippen molar-refractivity contribution in [1.82, 2.24) is 4.90 Å². The summed E-state index contributed by atoms with van der Waals surface area (Å²) in [6, 6.07) is 30.9. The molecule has 42 heavy (non-hydrogen) atoms. The predicted octanol–water partition coefficient (Wildman–Crippen LogP) is 6.00. The molecule has 0 bridgehead atoms. The topological polar surface area (TPSA) is 74.3 Å². The van der Waals surface area contributed by atoms with E-state index in [9.17, 15) is 9.59 Å². The van der Waals surface area contributed by atoms with Gasteiger partial charge >= 0.3 is 11.9 Å². The van der Waals surface area contributed by atoms with Crippen LogP contribution in [0.25, 0.3) is 0 Å². The molecule has 0 aliphatic carbocycles. The molecule has 2 atom stereocenters. The van der Waals surface area contributed by atoms with Gasteiger partial charge in [-0.3, -0.25) is 0 Å². The van der Waals surface area contributed by atoms with Crippen molar-refractivity contribution in [3.8, 4) is 11.5 Å². The minimum atomic E-state index is -1.20. The van der Waals surface area contributed by atoms with E-state index in [1.165, 1.54) is 0 Å². The van der Waals surface area contributed by atoms with Crippen molar-refractivity contribution in [3.05, 3.63) is 130 Å². The predicted molar refractivity (Wildman–Crippen MR) is 157 cm³/mol. The lowest BCUT2D eigenvalue weighted by Gasteiger charge is -2.42. The van der Waals surface area contributed by atoms with Crippen LogP contribution in [0.15, 0.2) is 97.1 Å². The summed E-state index contributed by atoms with van der Waals surface area (Å²) in [6.07, 6.45) is 0.338. The highest BCUT2D eigenvalue weighted by atomic mass is 16.6. The average Bonchev–Trinajstić information content (AvgIpc) is 3.32. The van der Waals surface area contributed by atoms with E-state index in [1.807, 2.05) is 84.9 Å². The van der Waals surface area contributed by atoms with Crippen molar-refractivity contribution in [2.24, 2.45) is 0 Å². The fraction of sp³-hybridized carbons (Fsp3) is 0.257. The second-order valence-corrected chi connectivity index (χ2v) is 10.5. The van der Waals surface area contributed by atoms with Crippen molar-refractivity contribution >= 4 is 11.9 Å². The quantitative estimate of drug-likeness (QED) is 0.231. The van der Waals surface area contributed by atoms with Crippen molar-refractivity contribution in [2.45, 2.75) is 38.1 Å². The summed E-state index contributed by atoms with van der Waals surface area (Å²) < 4.78 is 23.6. The molecular weight excluding hydrogens is 530 g/mol. The number of fused-ring (bicyclic) bond motifs is 3. The highest BCUT2D eigenvalue weighted by molar-refractivity contribution is 5.92. The SMILES string of the molecule is CCOC(=O)c1ccccc1CC12C(=O)OC(c3ccccc3)N1CCc1cc(OC)c(OCc3ccccc3)cc12. The first kappa shape index (κ1) is 27.5. The van der Waals surface area contributed by atoms with E-state index in [-0.39, 0.29) is 19.0 Å². The normalized spacial score (nSPS) is 19.4.